The van der Waals surface area contributed by atoms with Gasteiger partial charge in [-0.25, -0.2) is 0 Å². The van der Waals surface area contributed by atoms with Gasteiger partial charge in [-0.15, -0.1) is 0 Å². The quantitative estimate of drug-likeness (QED) is 0.849. The molecule has 2 nitrogen and oxygen atoms in total. The minimum atomic E-state index is -0.636. The molecule has 1 fully saturated rings. The SMILES string of the molecule is O=C(O)[C@H]1C[C@]12CCc1ccc(Br)cc12. The summed E-state index contributed by atoms with van der Waals surface area (Å²) in [7, 11) is 0. The van der Waals surface area contributed by atoms with Crippen LogP contribution in [-0.4, -0.2) is 11.1 Å². The average molecular weight is 267 g/mol. The molecule has 0 radical (unpaired) electrons. The van der Waals surface area contributed by atoms with Gasteiger partial charge in [0.05, 0.1) is 5.92 Å². The summed E-state index contributed by atoms with van der Waals surface area (Å²) in [5.74, 6) is -0.782. The van der Waals surface area contributed by atoms with Crippen molar-refractivity contribution in [3.8, 4) is 0 Å². The zero-order chi connectivity index (χ0) is 10.6. The first-order valence-corrected chi connectivity index (χ1v) is 5.94. The molecule has 1 aromatic rings. The van der Waals surface area contributed by atoms with E-state index in [4.69, 9.17) is 5.11 Å². The number of aliphatic carboxylic acids is 1. The number of rotatable bonds is 1. The van der Waals surface area contributed by atoms with E-state index in [0.717, 1.165) is 23.7 Å². The smallest absolute Gasteiger partial charge is 0.307 e. The molecule has 3 rings (SSSR count). The number of hydrogen-bond donors (Lipinski definition) is 1. The van der Waals surface area contributed by atoms with Crippen molar-refractivity contribution in [3.63, 3.8) is 0 Å². The van der Waals surface area contributed by atoms with Crippen LogP contribution in [0.3, 0.4) is 0 Å². The summed E-state index contributed by atoms with van der Waals surface area (Å²) in [6.07, 6.45) is 2.87. The van der Waals surface area contributed by atoms with Crippen molar-refractivity contribution in [3.05, 3.63) is 33.8 Å². The maximum Gasteiger partial charge on any atom is 0.307 e. The summed E-state index contributed by atoms with van der Waals surface area (Å²) in [5, 5.41) is 9.06. The van der Waals surface area contributed by atoms with Crippen molar-refractivity contribution in [1.29, 1.82) is 0 Å². The highest BCUT2D eigenvalue weighted by Crippen LogP contribution is 2.61. The second-order valence-corrected chi connectivity index (χ2v) is 5.47. The summed E-state index contributed by atoms with van der Waals surface area (Å²) in [6, 6.07) is 6.26. The van der Waals surface area contributed by atoms with E-state index in [2.05, 4.69) is 28.1 Å². The van der Waals surface area contributed by atoms with Gasteiger partial charge in [-0.05, 0) is 42.5 Å². The van der Waals surface area contributed by atoms with Crippen LogP contribution < -0.4 is 0 Å². The monoisotopic (exact) mass is 266 g/mol. The number of carboxylic acids is 1. The van der Waals surface area contributed by atoms with Gasteiger partial charge in [0.1, 0.15) is 0 Å². The molecule has 0 bridgehead atoms. The lowest BCUT2D eigenvalue weighted by molar-refractivity contribution is -0.139. The topological polar surface area (TPSA) is 37.3 Å². The Balaban J connectivity index is 2.06. The molecule has 15 heavy (non-hydrogen) atoms. The maximum atomic E-state index is 11.0. The van der Waals surface area contributed by atoms with Crippen molar-refractivity contribution in [1.82, 2.24) is 0 Å². The van der Waals surface area contributed by atoms with Crippen LogP contribution in [0.4, 0.5) is 0 Å². The van der Waals surface area contributed by atoms with E-state index in [1.54, 1.807) is 0 Å². The fourth-order valence-corrected chi connectivity index (χ4v) is 3.29. The van der Waals surface area contributed by atoms with Crippen LogP contribution in [0.25, 0.3) is 0 Å². The zero-order valence-corrected chi connectivity index (χ0v) is 9.75. The summed E-state index contributed by atoms with van der Waals surface area (Å²) < 4.78 is 1.05. The molecule has 78 valence electrons. The Morgan fingerprint density at radius 1 is 1.53 bits per heavy atom. The fourth-order valence-electron chi connectivity index (χ4n) is 2.93. The van der Waals surface area contributed by atoms with E-state index in [9.17, 15) is 4.79 Å². The van der Waals surface area contributed by atoms with E-state index < -0.39 is 5.97 Å². The van der Waals surface area contributed by atoms with Gasteiger partial charge in [0.25, 0.3) is 0 Å². The lowest BCUT2D eigenvalue weighted by atomic mass is 9.95. The van der Waals surface area contributed by atoms with Crippen molar-refractivity contribution in [2.24, 2.45) is 5.92 Å². The van der Waals surface area contributed by atoms with Gasteiger partial charge in [-0.3, -0.25) is 4.79 Å². The third kappa shape index (κ3) is 1.19. The molecular weight excluding hydrogens is 256 g/mol. The zero-order valence-electron chi connectivity index (χ0n) is 8.16. The van der Waals surface area contributed by atoms with Crippen LogP contribution in [0.2, 0.25) is 0 Å². The molecule has 2 atom stereocenters. The molecular formula is C12H11BrO2. The summed E-state index contributed by atoms with van der Waals surface area (Å²) in [6.45, 7) is 0. The second kappa shape index (κ2) is 2.85. The molecule has 2 aliphatic rings. The first kappa shape index (κ1) is 9.40. The van der Waals surface area contributed by atoms with Gasteiger partial charge in [0, 0.05) is 9.89 Å². The van der Waals surface area contributed by atoms with Gasteiger partial charge in [-0.2, -0.15) is 0 Å². The number of benzene rings is 1. The summed E-state index contributed by atoms with van der Waals surface area (Å²) in [4.78, 5) is 11.0. The number of carboxylic acid groups (broad SMARTS) is 1. The minimum absolute atomic E-state index is 0.0229. The Labute approximate surface area is 96.4 Å². The van der Waals surface area contributed by atoms with Gasteiger partial charge >= 0.3 is 5.97 Å². The highest BCUT2D eigenvalue weighted by molar-refractivity contribution is 9.10. The molecule has 0 amide bonds. The number of carbonyl (C=O) groups is 1. The minimum Gasteiger partial charge on any atom is -0.481 e. The second-order valence-electron chi connectivity index (χ2n) is 4.55. The van der Waals surface area contributed by atoms with Gasteiger partial charge in [0.15, 0.2) is 0 Å². The van der Waals surface area contributed by atoms with E-state index in [0.29, 0.717) is 0 Å². The van der Waals surface area contributed by atoms with Crippen LogP contribution in [0.15, 0.2) is 22.7 Å². The molecule has 0 heterocycles. The third-order valence-corrected chi connectivity index (χ3v) is 4.32. The van der Waals surface area contributed by atoms with Crippen LogP contribution in [0.5, 0.6) is 0 Å². The Morgan fingerprint density at radius 2 is 2.33 bits per heavy atom. The van der Waals surface area contributed by atoms with E-state index in [1.807, 2.05) is 6.07 Å². The molecule has 0 aromatic heterocycles. The Bertz CT molecular complexity index is 455. The van der Waals surface area contributed by atoms with Gasteiger partial charge < -0.3 is 5.11 Å². The predicted octanol–water partition coefficient (Wildman–Crippen LogP) is 2.74. The molecule has 1 aromatic carbocycles. The van der Waals surface area contributed by atoms with Crippen molar-refractivity contribution in [2.75, 3.05) is 0 Å². The normalized spacial score (nSPS) is 31.7. The number of fused-ring (bicyclic) bond motifs is 2. The standard InChI is InChI=1S/C12H11BrO2/c13-8-2-1-7-3-4-12(9(7)5-8)6-10(12)11(14)15/h1-2,5,10H,3-4,6H2,(H,14,15)/t10-,12+/m1/s1. The van der Waals surface area contributed by atoms with Crippen molar-refractivity contribution in [2.45, 2.75) is 24.7 Å². The van der Waals surface area contributed by atoms with Crippen LogP contribution in [-0.2, 0) is 16.6 Å². The van der Waals surface area contributed by atoms with Crippen LogP contribution in [0.1, 0.15) is 24.0 Å². The van der Waals surface area contributed by atoms with Gasteiger partial charge in [0.2, 0.25) is 0 Å². The molecule has 1 spiro atoms. The Morgan fingerprint density at radius 3 is 3.00 bits per heavy atom. The van der Waals surface area contributed by atoms with Crippen molar-refractivity contribution < 1.29 is 9.90 Å². The fraction of sp³-hybridized carbons (Fsp3) is 0.417. The molecule has 1 saturated carbocycles. The lowest BCUT2D eigenvalue weighted by Crippen LogP contribution is -2.11. The lowest BCUT2D eigenvalue weighted by Gasteiger charge is -2.09. The number of halogens is 1. The predicted molar refractivity (Wildman–Crippen MR) is 59.9 cm³/mol. The molecule has 0 aliphatic heterocycles. The van der Waals surface area contributed by atoms with Crippen molar-refractivity contribution >= 4 is 21.9 Å². The van der Waals surface area contributed by atoms with E-state index >= 15 is 0 Å². The molecule has 0 unspecified atom stereocenters. The molecule has 1 N–H and O–H groups in total. The highest BCUT2D eigenvalue weighted by Gasteiger charge is 2.61. The van der Waals surface area contributed by atoms with Crippen LogP contribution >= 0.6 is 15.9 Å². The molecule has 3 heteroatoms. The summed E-state index contributed by atoms with van der Waals surface area (Å²) >= 11 is 3.45. The number of aryl methyl sites for hydroxylation is 1. The number of hydrogen-bond acceptors (Lipinski definition) is 1. The van der Waals surface area contributed by atoms with E-state index in [-0.39, 0.29) is 11.3 Å². The highest BCUT2D eigenvalue weighted by atomic mass is 79.9. The first-order chi connectivity index (χ1) is 7.13. The Kier molecular flexibility index (Phi) is 1.78. The molecule has 0 saturated heterocycles. The maximum absolute atomic E-state index is 11.0. The first-order valence-electron chi connectivity index (χ1n) is 5.15. The summed E-state index contributed by atoms with van der Waals surface area (Å²) in [5.41, 5.74) is 2.58. The Hall–Kier alpha value is -0.830. The van der Waals surface area contributed by atoms with Gasteiger partial charge in [-0.1, -0.05) is 22.0 Å². The third-order valence-electron chi connectivity index (χ3n) is 3.82. The van der Waals surface area contributed by atoms with Crippen LogP contribution in [0, 0.1) is 5.92 Å². The largest absolute Gasteiger partial charge is 0.481 e. The van der Waals surface area contributed by atoms with E-state index in [1.165, 1.54) is 11.1 Å². The molecule has 2 aliphatic carbocycles. The average Bonchev–Trinajstić information content (AvgIpc) is 2.81.